The second kappa shape index (κ2) is 7.12. The minimum atomic E-state index is -0.156. The number of nitrogens with two attached hydrogens (primary N) is 1. The highest BCUT2D eigenvalue weighted by Crippen LogP contribution is 2.22. The van der Waals surface area contributed by atoms with Crippen LogP contribution in [0, 0.1) is 0 Å². The summed E-state index contributed by atoms with van der Waals surface area (Å²) in [5.74, 6) is 0.461. The van der Waals surface area contributed by atoms with Crippen LogP contribution in [0.3, 0.4) is 0 Å². The first-order valence-electron chi connectivity index (χ1n) is 6.75. The molecule has 0 unspecified atom stereocenters. The van der Waals surface area contributed by atoms with Gasteiger partial charge in [0.1, 0.15) is 12.4 Å². The van der Waals surface area contributed by atoms with Crippen molar-refractivity contribution < 1.29 is 14.3 Å². The van der Waals surface area contributed by atoms with E-state index in [0.29, 0.717) is 23.6 Å². The molecule has 6 nitrogen and oxygen atoms in total. The molecule has 1 aliphatic rings. The Morgan fingerprint density at radius 3 is 2.85 bits per heavy atom. The fourth-order valence-electron chi connectivity index (χ4n) is 2.07. The molecule has 1 amide bonds. The molecule has 0 saturated carbocycles. The smallest absolute Gasteiger partial charge is 0.251 e. The highest BCUT2D eigenvalue weighted by Gasteiger charge is 2.11. The van der Waals surface area contributed by atoms with E-state index in [1.54, 1.807) is 25.2 Å². The zero-order valence-corrected chi connectivity index (χ0v) is 11.7. The van der Waals surface area contributed by atoms with Gasteiger partial charge >= 0.3 is 0 Å². The van der Waals surface area contributed by atoms with Gasteiger partial charge in [0.2, 0.25) is 0 Å². The van der Waals surface area contributed by atoms with E-state index in [2.05, 4.69) is 10.2 Å². The molecule has 0 atom stereocenters. The van der Waals surface area contributed by atoms with E-state index in [0.717, 1.165) is 32.8 Å². The molecule has 6 heteroatoms. The number of ether oxygens (including phenoxy) is 2. The number of hydrogen-bond donors (Lipinski definition) is 2. The average Bonchev–Trinajstić information content (AvgIpc) is 2.49. The van der Waals surface area contributed by atoms with Crippen molar-refractivity contribution in [3.63, 3.8) is 0 Å². The molecule has 0 aromatic heterocycles. The summed E-state index contributed by atoms with van der Waals surface area (Å²) in [5.41, 5.74) is 6.91. The summed E-state index contributed by atoms with van der Waals surface area (Å²) in [6, 6.07) is 5.07. The fraction of sp³-hybridized carbons (Fsp3) is 0.500. The Bertz CT molecular complexity index is 459. The van der Waals surface area contributed by atoms with E-state index in [-0.39, 0.29) is 5.91 Å². The molecule has 1 aromatic carbocycles. The molecule has 3 N–H and O–H groups in total. The Balaban J connectivity index is 1.84. The summed E-state index contributed by atoms with van der Waals surface area (Å²) >= 11 is 0. The van der Waals surface area contributed by atoms with Crippen molar-refractivity contribution in [2.24, 2.45) is 0 Å². The number of morpholine rings is 1. The molecule has 2 rings (SSSR count). The maximum Gasteiger partial charge on any atom is 0.251 e. The average molecular weight is 279 g/mol. The molecular formula is C14H21N3O3. The minimum absolute atomic E-state index is 0.156. The first-order valence-corrected chi connectivity index (χ1v) is 6.75. The molecule has 0 aliphatic carbocycles. The lowest BCUT2D eigenvalue weighted by molar-refractivity contribution is 0.0323. The van der Waals surface area contributed by atoms with E-state index in [1.165, 1.54) is 0 Å². The van der Waals surface area contributed by atoms with E-state index < -0.39 is 0 Å². The number of hydrogen-bond acceptors (Lipinski definition) is 5. The topological polar surface area (TPSA) is 76.8 Å². The fourth-order valence-corrected chi connectivity index (χ4v) is 2.07. The van der Waals surface area contributed by atoms with E-state index >= 15 is 0 Å². The quantitative estimate of drug-likeness (QED) is 0.760. The summed E-state index contributed by atoms with van der Waals surface area (Å²) in [6.07, 6.45) is 0. The van der Waals surface area contributed by atoms with Gasteiger partial charge in [0.15, 0.2) is 0 Å². The second-order valence-corrected chi connectivity index (χ2v) is 4.63. The molecule has 0 spiro atoms. The first kappa shape index (κ1) is 14.6. The highest BCUT2D eigenvalue weighted by molar-refractivity contribution is 5.95. The number of carbonyl (C=O) groups excluding carboxylic acids is 1. The number of amides is 1. The molecule has 20 heavy (non-hydrogen) atoms. The monoisotopic (exact) mass is 279 g/mol. The lowest BCUT2D eigenvalue weighted by atomic mass is 10.2. The van der Waals surface area contributed by atoms with Gasteiger partial charge in [0.25, 0.3) is 5.91 Å². The Hall–Kier alpha value is -1.79. The van der Waals surface area contributed by atoms with Crippen molar-refractivity contribution in [2.45, 2.75) is 0 Å². The van der Waals surface area contributed by atoms with Gasteiger partial charge in [-0.05, 0) is 18.2 Å². The largest absolute Gasteiger partial charge is 0.490 e. The molecule has 1 aromatic rings. The van der Waals surface area contributed by atoms with Crippen molar-refractivity contribution in [1.82, 2.24) is 10.2 Å². The molecule has 1 saturated heterocycles. The Morgan fingerprint density at radius 2 is 2.20 bits per heavy atom. The number of carbonyl (C=O) groups is 1. The maximum atomic E-state index is 11.5. The summed E-state index contributed by atoms with van der Waals surface area (Å²) in [7, 11) is 1.59. The Morgan fingerprint density at radius 1 is 1.45 bits per heavy atom. The molecule has 1 heterocycles. The van der Waals surface area contributed by atoms with Gasteiger partial charge in [-0.15, -0.1) is 0 Å². The number of nitrogens with one attached hydrogen (secondary N) is 1. The van der Waals surface area contributed by atoms with Crippen LogP contribution in [0.25, 0.3) is 0 Å². The summed E-state index contributed by atoms with van der Waals surface area (Å²) in [5, 5.41) is 2.56. The molecule has 0 bridgehead atoms. The zero-order chi connectivity index (χ0) is 14.4. The van der Waals surface area contributed by atoms with Crippen LogP contribution in [-0.4, -0.2) is 57.3 Å². The van der Waals surface area contributed by atoms with Crippen molar-refractivity contribution in [3.05, 3.63) is 23.8 Å². The van der Waals surface area contributed by atoms with Crippen molar-refractivity contribution in [2.75, 3.05) is 52.2 Å². The predicted octanol–water partition coefficient (Wildman–Crippen LogP) is 0.339. The number of benzene rings is 1. The minimum Gasteiger partial charge on any atom is -0.490 e. The summed E-state index contributed by atoms with van der Waals surface area (Å²) in [6.45, 7) is 4.86. The third-order valence-electron chi connectivity index (χ3n) is 3.27. The third kappa shape index (κ3) is 3.85. The van der Waals surface area contributed by atoms with Crippen LogP contribution in [0.1, 0.15) is 10.4 Å². The van der Waals surface area contributed by atoms with Gasteiger partial charge in [0, 0.05) is 32.2 Å². The normalized spacial score (nSPS) is 15.8. The van der Waals surface area contributed by atoms with Crippen LogP contribution < -0.4 is 15.8 Å². The standard InChI is InChI=1S/C14H21N3O3/c1-16-14(18)11-2-3-13(12(15)10-11)20-9-6-17-4-7-19-8-5-17/h2-3,10H,4-9,15H2,1H3,(H,16,18). The lowest BCUT2D eigenvalue weighted by Crippen LogP contribution is -2.38. The summed E-state index contributed by atoms with van der Waals surface area (Å²) in [4.78, 5) is 13.8. The third-order valence-corrected chi connectivity index (χ3v) is 3.27. The van der Waals surface area contributed by atoms with Crippen LogP contribution in [0.4, 0.5) is 5.69 Å². The van der Waals surface area contributed by atoms with Gasteiger partial charge in [0.05, 0.1) is 18.9 Å². The van der Waals surface area contributed by atoms with Gasteiger partial charge in [-0.2, -0.15) is 0 Å². The van der Waals surface area contributed by atoms with Crippen molar-refractivity contribution in [1.29, 1.82) is 0 Å². The van der Waals surface area contributed by atoms with Gasteiger partial charge in [-0.3, -0.25) is 9.69 Å². The van der Waals surface area contributed by atoms with Crippen LogP contribution >= 0.6 is 0 Å². The zero-order valence-electron chi connectivity index (χ0n) is 11.7. The van der Waals surface area contributed by atoms with Crippen LogP contribution in [0.15, 0.2) is 18.2 Å². The SMILES string of the molecule is CNC(=O)c1ccc(OCCN2CCOCC2)c(N)c1. The Kier molecular flexibility index (Phi) is 5.20. The number of anilines is 1. The van der Waals surface area contributed by atoms with Gasteiger partial charge in [-0.1, -0.05) is 0 Å². The lowest BCUT2D eigenvalue weighted by Gasteiger charge is -2.26. The Labute approximate surface area is 118 Å². The van der Waals surface area contributed by atoms with Crippen molar-refractivity contribution >= 4 is 11.6 Å². The molecular weight excluding hydrogens is 258 g/mol. The van der Waals surface area contributed by atoms with E-state index in [4.69, 9.17) is 15.2 Å². The van der Waals surface area contributed by atoms with Gasteiger partial charge < -0.3 is 20.5 Å². The molecule has 110 valence electrons. The summed E-state index contributed by atoms with van der Waals surface area (Å²) < 4.78 is 11.0. The molecule has 0 radical (unpaired) electrons. The first-order chi connectivity index (χ1) is 9.70. The molecule has 1 aliphatic heterocycles. The van der Waals surface area contributed by atoms with Crippen LogP contribution in [0.2, 0.25) is 0 Å². The van der Waals surface area contributed by atoms with E-state index in [9.17, 15) is 4.79 Å². The maximum absolute atomic E-state index is 11.5. The highest BCUT2D eigenvalue weighted by atomic mass is 16.5. The number of nitrogen functional groups attached to an aromatic ring is 1. The molecule has 1 fully saturated rings. The van der Waals surface area contributed by atoms with Crippen molar-refractivity contribution in [3.8, 4) is 5.75 Å². The van der Waals surface area contributed by atoms with E-state index in [1.807, 2.05) is 0 Å². The second-order valence-electron chi connectivity index (χ2n) is 4.63. The van der Waals surface area contributed by atoms with Gasteiger partial charge in [-0.25, -0.2) is 0 Å². The van der Waals surface area contributed by atoms with Crippen LogP contribution in [0.5, 0.6) is 5.75 Å². The number of rotatable bonds is 5. The predicted molar refractivity (Wildman–Crippen MR) is 77.0 cm³/mol. The number of nitrogens with zero attached hydrogens (tertiary/aromatic N) is 1. The van der Waals surface area contributed by atoms with Crippen LogP contribution in [-0.2, 0) is 4.74 Å².